The molecule has 15 heavy (non-hydrogen) atoms. The van der Waals surface area contributed by atoms with Crippen LogP contribution < -0.4 is 11.3 Å². The fraction of sp³-hybridized carbons (Fsp3) is 0.375. The number of rotatable bonds is 4. The lowest BCUT2D eigenvalue weighted by Gasteiger charge is -2.10. The maximum absolute atomic E-state index is 5.48. The SMILES string of the molecule is Cc1nc(CC(NN)c2csnn2)cs1. The van der Waals surface area contributed by atoms with Gasteiger partial charge in [-0.2, -0.15) is 0 Å². The Morgan fingerprint density at radius 1 is 1.53 bits per heavy atom. The molecule has 0 saturated carbocycles. The summed E-state index contributed by atoms with van der Waals surface area (Å²) in [5.74, 6) is 5.48. The number of hydrazine groups is 1. The third-order valence-corrected chi connectivity index (χ3v) is 3.36. The molecule has 1 unspecified atom stereocenters. The summed E-state index contributed by atoms with van der Waals surface area (Å²) in [6, 6.07) is -0.00903. The summed E-state index contributed by atoms with van der Waals surface area (Å²) >= 11 is 2.97. The average Bonchev–Trinajstić information content (AvgIpc) is 2.85. The molecule has 0 saturated heterocycles. The van der Waals surface area contributed by atoms with Crippen LogP contribution in [0.1, 0.15) is 22.4 Å². The first-order valence-electron chi connectivity index (χ1n) is 4.43. The fourth-order valence-electron chi connectivity index (χ4n) is 1.28. The van der Waals surface area contributed by atoms with Crippen molar-refractivity contribution in [1.29, 1.82) is 0 Å². The monoisotopic (exact) mass is 241 g/mol. The maximum atomic E-state index is 5.48. The highest BCUT2D eigenvalue weighted by atomic mass is 32.1. The van der Waals surface area contributed by atoms with Crippen molar-refractivity contribution in [3.63, 3.8) is 0 Å². The topological polar surface area (TPSA) is 76.7 Å². The number of aryl methyl sites for hydroxylation is 1. The molecule has 2 aromatic heterocycles. The summed E-state index contributed by atoms with van der Waals surface area (Å²) < 4.78 is 3.82. The lowest BCUT2D eigenvalue weighted by molar-refractivity contribution is 0.532. The molecule has 0 aromatic carbocycles. The van der Waals surface area contributed by atoms with Crippen LogP contribution in [0, 0.1) is 6.92 Å². The van der Waals surface area contributed by atoms with Crippen LogP contribution in [0.2, 0.25) is 0 Å². The lowest BCUT2D eigenvalue weighted by atomic mass is 10.1. The fourth-order valence-corrected chi connectivity index (χ4v) is 2.42. The zero-order valence-electron chi connectivity index (χ0n) is 8.17. The van der Waals surface area contributed by atoms with Gasteiger partial charge in [0.1, 0.15) is 0 Å². The van der Waals surface area contributed by atoms with Crippen LogP contribution in [0.25, 0.3) is 0 Å². The average molecular weight is 241 g/mol. The molecule has 0 spiro atoms. The predicted molar refractivity (Wildman–Crippen MR) is 60.5 cm³/mol. The summed E-state index contributed by atoms with van der Waals surface area (Å²) in [7, 11) is 0. The molecule has 2 heterocycles. The van der Waals surface area contributed by atoms with Gasteiger partial charge in [0.05, 0.1) is 22.4 Å². The van der Waals surface area contributed by atoms with Gasteiger partial charge in [-0.05, 0) is 18.5 Å². The highest BCUT2D eigenvalue weighted by Gasteiger charge is 2.14. The molecule has 2 rings (SSSR count). The van der Waals surface area contributed by atoms with Gasteiger partial charge in [0, 0.05) is 17.2 Å². The molecule has 0 fully saturated rings. The second kappa shape index (κ2) is 4.75. The maximum Gasteiger partial charge on any atom is 0.0942 e. The number of aromatic nitrogens is 3. The van der Waals surface area contributed by atoms with Crippen LogP contribution in [0.5, 0.6) is 0 Å². The number of hydrogen-bond acceptors (Lipinski definition) is 7. The van der Waals surface area contributed by atoms with E-state index in [0.717, 1.165) is 22.8 Å². The Labute approximate surface area is 95.5 Å². The Hall–Kier alpha value is -0.890. The zero-order chi connectivity index (χ0) is 10.7. The van der Waals surface area contributed by atoms with Crippen LogP contribution in [-0.2, 0) is 6.42 Å². The van der Waals surface area contributed by atoms with Gasteiger partial charge in [0.25, 0.3) is 0 Å². The Balaban J connectivity index is 2.09. The van der Waals surface area contributed by atoms with Crippen molar-refractivity contribution in [1.82, 2.24) is 20.0 Å². The van der Waals surface area contributed by atoms with Crippen LogP contribution in [0.15, 0.2) is 10.8 Å². The van der Waals surface area contributed by atoms with Gasteiger partial charge in [-0.25, -0.2) is 4.98 Å². The van der Waals surface area contributed by atoms with E-state index in [1.165, 1.54) is 11.5 Å². The number of nitrogens with one attached hydrogen (secondary N) is 1. The smallest absolute Gasteiger partial charge is 0.0942 e. The molecule has 0 aliphatic carbocycles. The minimum absolute atomic E-state index is 0.00903. The van der Waals surface area contributed by atoms with Crippen molar-refractivity contribution in [3.05, 3.63) is 27.2 Å². The summed E-state index contributed by atoms with van der Waals surface area (Å²) in [5.41, 5.74) is 4.64. The molecule has 0 aliphatic rings. The summed E-state index contributed by atoms with van der Waals surface area (Å²) in [5, 5.41) is 8.99. The molecule has 1 atom stereocenters. The van der Waals surface area contributed by atoms with Crippen molar-refractivity contribution >= 4 is 22.9 Å². The van der Waals surface area contributed by atoms with E-state index in [1.807, 2.05) is 17.7 Å². The van der Waals surface area contributed by atoms with Crippen molar-refractivity contribution in [2.45, 2.75) is 19.4 Å². The number of nitrogens with zero attached hydrogens (tertiary/aromatic N) is 3. The first-order valence-corrected chi connectivity index (χ1v) is 6.15. The third kappa shape index (κ3) is 2.57. The van der Waals surface area contributed by atoms with E-state index in [4.69, 9.17) is 5.84 Å². The second-order valence-corrected chi connectivity index (χ2v) is 4.78. The minimum atomic E-state index is -0.00903. The van der Waals surface area contributed by atoms with E-state index in [-0.39, 0.29) is 6.04 Å². The van der Waals surface area contributed by atoms with Crippen molar-refractivity contribution in [2.75, 3.05) is 0 Å². The van der Waals surface area contributed by atoms with Gasteiger partial charge in [-0.15, -0.1) is 16.4 Å². The molecule has 0 bridgehead atoms. The Bertz CT molecular complexity index is 410. The van der Waals surface area contributed by atoms with Crippen LogP contribution in [0.3, 0.4) is 0 Å². The quantitative estimate of drug-likeness (QED) is 0.618. The molecule has 7 heteroatoms. The van der Waals surface area contributed by atoms with Crippen LogP contribution in [0.4, 0.5) is 0 Å². The van der Waals surface area contributed by atoms with E-state index in [1.54, 1.807) is 11.3 Å². The summed E-state index contributed by atoms with van der Waals surface area (Å²) in [6.07, 6.45) is 0.742. The molecule has 2 aromatic rings. The van der Waals surface area contributed by atoms with Gasteiger partial charge < -0.3 is 0 Å². The third-order valence-electron chi connectivity index (χ3n) is 2.01. The zero-order valence-corrected chi connectivity index (χ0v) is 9.81. The molecule has 3 N–H and O–H groups in total. The normalized spacial score (nSPS) is 12.9. The number of nitrogens with two attached hydrogens (primary N) is 1. The molecule has 0 amide bonds. The Morgan fingerprint density at radius 3 is 2.93 bits per heavy atom. The summed E-state index contributed by atoms with van der Waals surface area (Å²) in [4.78, 5) is 4.39. The van der Waals surface area contributed by atoms with E-state index in [0.29, 0.717) is 0 Å². The van der Waals surface area contributed by atoms with Crippen LogP contribution >= 0.6 is 22.9 Å². The van der Waals surface area contributed by atoms with E-state index >= 15 is 0 Å². The first kappa shape index (κ1) is 10.6. The Morgan fingerprint density at radius 2 is 2.40 bits per heavy atom. The molecule has 0 radical (unpaired) electrons. The Kier molecular flexibility index (Phi) is 3.37. The number of hydrogen-bond donors (Lipinski definition) is 2. The largest absolute Gasteiger partial charge is 0.271 e. The standard InChI is InChI=1S/C8H11N5S2/c1-5-10-6(3-14-5)2-7(11-9)8-4-15-13-12-8/h3-4,7,11H,2,9H2,1H3. The lowest BCUT2D eigenvalue weighted by Crippen LogP contribution is -2.30. The van der Waals surface area contributed by atoms with Gasteiger partial charge in [0.15, 0.2) is 0 Å². The summed E-state index contributed by atoms with van der Waals surface area (Å²) in [6.45, 7) is 1.99. The van der Waals surface area contributed by atoms with Crippen LogP contribution in [-0.4, -0.2) is 14.6 Å². The highest BCUT2D eigenvalue weighted by molar-refractivity contribution is 7.09. The van der Waals surface area contributed by atoms with E-state index < -0.39 is 0 Å². The molecule has 5 nitrogen and oxygen atoms in total. The van der Waals surface area contributed by atoms with Crippen molar-refractivity contribution < 1.29 is 0 Å². The minimum Gasteiger partial charge on any atom is -0.271 e. The van der Waals surface area contributed by atoms with Crippen molar-refractivity contribution in [3.8, 4) is 0 Å². The molecule has 0 aliphatic heterocycles. The van der Waals surface area contributed by atoms with Crippen molar-refractivity contribution in [2.24, 2.45) is 5.84 Å². The molecule has 80 valence electrons. The first-order chi connectivity index (χ1) is 7.29. The molecular weight excluding hydrogens is 230 g/mol. The highest BCUT2D eigenvalue weighted by Crippen LogP contribution is 2.17. The van der Waals surface area contributed by atoms with Gasteiger partial charge in [0.2, 0.25) is 0 Å². The van der Waals surface area contributed by atoms with E-state index in [2.05, 4.69) is 20.0 Å². The second-order valence-electron chi connectivity index (χ2n) is 3.11. The van der Waals surface area contributed by atoms with Gasteiger partial charge in [-0.1, -0.05) is 4.49 Å². The van der Waals surface area contributed by atoms with Gasteiger partial charge >= 0.3 is 0 Å². The van der Waals surface area contributed by atoms with E-state index in [9.17, 15) is 0 Å². The van der Waals surface area contributed by atoms with Gasteiger partial charge in [-0.3, -0.25) is 11.3 Å². The predicted octanol–water partition coefficient (Wildman–Crippen LogP) is 1.05. The molecular formula is C8H11N5S2. The number of thiazole rings is 1.